The Balaban J connectivity index is 1.36. The molecule has 0 saturated carbocycles. The Morgan fingerprint density at radius 1 is 0.620 bits per heavy atom. The Kier molecular flexibility index (Phi) is 8.09. The van der Waals surface area contributed by atoms with Gasteiger partial charge >= 0.3 is 0 Å². The monoisotopic (exact) mass is 662 g/mol. The van der Waals surface area contributed by atoms with E-state index in [1.807, 2.05) is 24.4 Å². The molecule has 50 heavy (non-hydrogen) atoms. The van der Waals surface area contributed by atoms with Gasteiger partial charge in [-0.25, -0.2) is 9.67 Å². The highest BCUT2D eigenvalue weighted by atomic mass is 16.5. The third kappa shape index (κ3) is 5.83. The van der Waals surface area contributed by atoms with Gasteiger partial charge in [0, 0.05) is 45.5 Å². The van der Waals surface area contributed by atoms with Crippen molar-refractivity contribution in [2.75, 3.05) is 7.11 Å². The predicted octanol–water partition coefficient (Wildman–Crippen LogP) is 11.4. The number of pyridine rings is 1. The minimum atomic E-state index is -0.218. The van der Waals surface area contributed by atoms with Crippen LogP contribution in [0.15, 0.2) is 97.2 Å². The van der Waals surface area contributed by atoms with Crippen LogP contribution in [0.5, 0.6) is 17.2 Å². The van der Waals surface area contributed by atoms with Crippen molar-refractivity contribution in [1.82, 2.24) is 19.3 Å². The van der Waals surface area contributed by atoms with Crippen molar-refractivity contribution in [3.05, 3.63) is 125 Å². The third-order valence-corrected chi connectivity index (χ3v) is 9.37. The molecule has 0 amide bonds. The smallest absolute Gasteiger partial charge is 0.137 e. The molecule has 0 fully saturated rings. The van der Waals surface area contributed by atoms with Crippen LogP contribution in [0.3, 0.4) is 0 Å². The molecule has 0 aliphatic heterocycles. The number of fused-ring (bicyclic) bond motifs is 3. The maximum Gasteiger partial charge on any atom is 0.137 e. The summed E-state index contributed by atoms with van der Waals surface area (Å²) >= 11 is 0. The number of para-hydroxylation sites is 1. The molecule has 3 aromatic heterocycles. The quantitative estimate of drug-likeness (QED) is 0.178. The average Bonchev–Trinajstić information content (AvgIpc) is 3.62. The van der Waals surface area contributed by atoms with E-state index in [0.29, 0.717) is 0 Å². The highest BCUT2D eigenvalue weighted by Gasteiger charge is 2.34. The number of nitrogens with zero attached hydrogens (tertiary/aromatic N) is 4. The van der Waals surface area contributed by atoms with E-state index in [0.717, 1.165) is 62.1 Å². The lowest BCUT2D eigenvalue weighted by molar-refractivity contribution is 0.414. The van der Waals surface area contributed by atoms with E-state index in [2.05, 4.69) is 144 Å². The first kappa shape index (κ1) is 33.2. The summed E-state index contributed by atoms with van der Waals surface area (Å²) in [6, 6.07) is 31.4. The van der Waals surface area contributed by atoms with Gasteiger partial charge in [-0.2, -0.15) is 5.10 Å². The number of aromatic nitrogens is 4. The molecule has 3 heterocycles. The van der Waals surface area contributed by atoms with Crippen LogP contribution in [0.4, 0.5) is 0 Å². The van der Waals surface area contributed by atoms with Crippen molar-refractivity contribution in [1.29, 1.82) is 0 Å². The molecule has 0 saturated heterocycles. The van der Waals surface area contributed by atoms with Crippen molar-refractivity contribution in [2.24, 2.45) is 0 Å². The van der Waals surface area contributed by atoms with Crippen LogP contribution in [-0.4, -0.2) is 26.4 Å². The van der Waals surface area contributed by atoms with Crippen molar-refractivity contribution in [3.8, 4) is 39.9 Å². The van der Waals surface area contributed by atoms with E-state index in [-0.39, 0.29) is 10.8 Å². The number of hydrogen-bond acceptors (Lipinski definition) is 4. The second kappa shape index (κ2) is 12.2. The zero-order chi connectivity index (χ0) is 35.5. The number of rotatable bonds is 6. The summed E-state index contributed by atoms with van der Waals surface area (Å²) < 4.78 is 16.6. The van der Waals surface area contributed by atoms with E-state index in [4.69, 9.17) is 19.6 Å². The fraction of sp³-hybridized carbons (Fsp3) is 0.273. The summed E-state index contributed by atoms with van der Waals surface area (Å²) in [6.45, 7) is 20.0. The first-order valence-electron chi connectivity index (χ1n) is 17.3. The predicted molar refractivity (Wildman–Crippen MR) is 206 cm³/mol. The molecule has 0 unspecified atom stereocenters. The number of methoxy groups -OCH3 is 1. The van der Waals surface area contributed by atoms with Crippen LogP contribution in [0, 0.1) is 20.8 Å². The van der Waals surface area contributed by atoms with Crippen molar-refractivity contribution < 1.29 is 9.47 Å². The van der Waals surface area contributed by atoms with Crippen molar-refractivity contribution in [3.63, 3.8) is 0 Å². The van der Waals surface area contributed by atoms with Crippen LogP contribution in [0.1, 0.15) is 69.6 Å². The van der Waals surface area contributed by atoms with E-state index in [1.165, 1.54) is 27.6 Å². The van der Waals surface area contributed by atoms with Gasteiger partial charge in [0.15, 0.2) is 0 Å². The van der Waals surface area contributed by atoms with Gasteiger partial charge < -0.3 is 9.47 Å². The summed E-state index contributed by atoms with van der Waals surface area (Å²) in [4.78, 5) is 4.74. The molecule has 0 bridgehead atoms. The summed E-state index contributed by atoms with van der Waals surface area (Å²) in [5.74, 6) is 3.24. The van der Waals surface area contributed by atoms with E-state index in [1.54, 1.807) is 7.11 Å². The molecule has 254 valence electrons. The lowest BCUT2D eigenvalue weighted by Gasteiger charge is -2.26. The molecule has 0 spiro atoms. The SMILES string of the molecule is COc1cc(C)c(-c2c(C(C)(C)C)nn(-c3cccc(Oc4ccc5c6ccccc6n(-c6cc(C)ccn6)c5c4)c3)c2C(C)(C)C)c(C)c1. The number of benzene rings is 4. The lowest BCUT2D eigenvalue weighted by atomic mass is 9.79. The number of ether oxygens (including phenoxy) is 2. The molecule has 0 N–H and O–H groups in total. The van der Waals surface area contributed by atoms with E-state index < -0.39 is 0 Å². The lowest BCUT2D eigenvalue weighted by Crippen LogP contribution is -2.19. The number of aryl methyl sites for hydroxylation is 3. The Labute approximate surface area is 295 Å². The van der Waals surface area contributed by atoms with Gasteiger partial charge in [0.1, 0.15) is 23.1 Å². The molecule has 0 aliphatic carbocycles. The van der Waals surface area contributed by atoms with Crippen LogP contribution in [-0.2, 0) is 10.8 Å². The molecule has 0 radical (unpaired) electrons. The maximum absolute atomic E-state index is 6.65. The molecule has 0 aliphatic rings. The molecular weight excluding hydrogens is 617 g/mol. The molecule has 7 aromatic rings. The highest BCUT2D eigenvalue weighted by Crippen LogP contribution is 2.45. The molecule has 6 heteroatoms. The van der Waals surface area contributed by atoms with Crippen molar-refractivity contribution in [2.45, 2.75) is 73.1 Å². The largest absolute Gasteiger partial charge is 0.497 e. The highest BCUT2D eigenvalue weighted by molar-refractivity contribution is 6.09. The van der Waals surface area contributed by atoms with Gasteiger partial charge in [0.05, 0.1) is 35.2 Å². The zero-order valence-corrected chi connectivity index (χ0v) is 30.8. The second-order valence-electron chi connectivity index (χ2n) is 15.4. The van der Waals surface area contributed by atoms with Crippen LogP contribution in [0.25, 0.3) is 44.4 Å². The molecule has 7 rings (SSSR count). The standard InChI is InChI=1S/C44H46N4O2/c1-27-20-21-45-38(22-27)47-36-17-12-11-16-34(36)35-19-18-32(26-37(35)47)50-31-15-13-14-30(25-31)48-42(44(7,8)9)40(41(46-48)43(4,5)6)39-28(2)23-33(49-10)24-29(39)3/h11-26H,1-10H3. The van der Waals surface area contributed by atoms with Gasteiger partial charge in [0.25, 0.3) is 0 Å². The van der Waals surface area contributed by atoms with Crippen LogP contribution >= 0.6 is 0 Å². The summed E-state index contributed by atoms with van der Waals surface area (Å²) in [5.41, 5.74) is 10.8. The summed E-state index contributed by atoms with van der Waals surface area (Å²) in [6.07, 6.45) is 1.87. The van der Waals surface area contributed by atoms with Gasteiger partial charge in [-0.3, -0.25) is 4.57 Å². The van der Waals surface area contributed by atoms with E-state index >= 15 is 0 Å². The Bertz CT molecular complexity index is 2380. The minimum absolute atomic E-state index is 0.201. The third-order valence-electron chi connectivity index (χ3n) is 9.37. The van der Waals surface area contributed by atoms with Crippen LogP contribution in [0.2, 0.25) is 0 Å². The van der Waals surface area contributed by atoms with Gasteiger partial charge in [-0.05, 0) is 97.6 Å². The normalized spacial score (nSPS) is 12.2. The fourth-order valence-corrected chi connectivity index (χ4v) is 7.21. The number of hydrogen-bond donors (Lipinski definition) is 0. The maximum atomic E-state index is 6.65. The summed E-state index contributed by atoms with van der Waals surface area (Å²) in [5, 5.41) is 7.74. The average molecular weight is 663 g/mol. The summed E-state index contributed by atoms with van der Waals surface area (Å²) in [7, 11) is 1.72. The second-order valence-corrected chi connectivity index (χ2v) is 15.4. The van der Waals surface area contributed by atoms with Crippen molar-refractivity contribution >= 4 is 21.8 Å². The molecule has 6 nitrogen and oxygen atoms in total. The molecule has 4 aromatic carbocycles. The van der Waals surface area contributed by atoms with Gasteiger partial charge in [-0.15, -0.1) is 0 Å². The Morgan fingerprint density at radius 3 is 2.00 bits per heavy atom. The first-order valence-corrected chi connectivity index (χ1v) is 17.3. The minimum Gasteiger partial charge on any atom is -0.497 e. The molecule has 0 atom stereocenters. The Morgan fingerprint density at radius 2 is 1.32 bits per heavy atom. The fourth-order valence-electron chi connectivity index (χ4n) is 7.21. The zero-order valence-electron chi connectivity index (χ0n) is 30.8. The van der Waals surface area contributed by atoms with Gasteiger partial charge in [-0.1, -0.05) is 65.8 Å². The first-order chi connectivity index (χ1) is 23.7. The van der Waals surface area contributed by atoms with Crippen LogP contribution < -0.4 is 9.47 Å². The topological polar surface area (TPSA) is 54.1 Å². The van der Waals surface area contributed by atoms with E-state index in [9.17, 15) is 0 Å². The molecular formula is C44H46N4O2. The Hall–Kier alpha value is -5.36. The van der Waals surface area contributed by atoms with Gasteiger partial charge in [0.2, 0.25) is 0 Å².